The standard InChI is InChI=1S/C18H14N2O8/c21-11-5-4-9(13(22)19-11)20-14(23)8-2-1-3-10(12(8)15(20)24)28-17(27)18(6-7-18)16(25)26/h1-3,9H,4-7H2,(H,25,26)(H,19,21,22). The van der Waals surface area contributed by atoms with E-state index in [0.29, 0.717) is 0 Å². The quantitative estimate of drug-likeness (QED) is 0.314. The van der Waals surface area contributed by atoms with Crippen molar-refractivity contribution < 1.29 is 38.6 Å². The van der Waals surface area contributed by atoms with Crippen LogP contribution in [-0.2, 0) is 19.2 Å². The fourth-order valence-corrected chi connectivity index (χ4v) is 3.40. The Hall–Kier alpha value is -3.56. The van der Waals surface area contributed by atoms with Crippen LogP contribution in [0.25, 0.3) is 0 Å². The minimum absolute atomic E-state index is 0.00657. The normalized spacial score (nSPS) is 22.6. The van der Waals surface area contributed by atoms with E-state index < -0.39 is 47.0 Å². The number of benzene rings is 1. The van der Waals surface area contributed by atoms with Crippen molar-refractivity contribution in [2.75, 3.05) is 0 Å². The van der Waals surface area contributed by atoms with Crippen molar-refractivity contribution >= 4 is 35.6 Å². The number of hydrogen-bond acceptors (Lipinski definition) is 7. The first-order valence-electron chi connectivity index (χ1n) is 8.56. The molecule has 1 saturated carbocycles. The van der Waals surface area contributed by atoms with Gasteiger partial charge in [-0.25, -0.2) is 0 Å². The van der Waals surface area contributed by atoms with Crippen molar-refractivity contribution in [1.82, 2.24) is 10.2 Å². The van der Waals surface area contributed by atoms with Crippen molar-refractivity contribution in [3.05, 3.63) is 29.3 Å². The molecule has 10 heteroatoms. The van der Waals surface area contributed by atoms with Gasteiger partial charge in [-0.2, -0.15) is 0 Å². The average Bonchev–Trinajstić information content (AvgIpc) is 3.41. The Morgan fingerprint density at radius 1 is 1.14 bits per heavy atom. The van der Waals surface area contributed by atoms with E-state index in [0.717, 1.165) is 4.90 Å². The van der Waals surface area contributed by atoms with Gasteiger partial charge in [-0.3, -0.25) is 39.0 Å². The Balaban J connectivity index is 1.65. The molecule has 1 aliphatic carbocycles. The van der Waals surface area contributed by atoms with E-state index in [1.54, 1.807) is 0 Å². The summed E-state index contributed by atoms with van der Waals surface area (Å²) in [6, 6.07) is 2.87. The van der Waals surface area contributed by atoms with Gasteiger partial charge in [0.05, 0.1) is 11.1 Å². The molecule has 1 atom stereocenters. The number of carboxylic acids is 1. The van der Waals surface area contributed by atoms with E-state index in [2.05, 4.69) is 5.32 Å². The first-order valence-corrected chi connectivity index (χ1v) is 8.56. The highest BCUT2D eigenvalue weighted by Crippen LogP contribution is 2.47. The smallest absolute Gasteiger partial charge is 0.328 e. The highest BCUT2D eigenvalue weighted by molar-refractivity contribution is 6.24. The second kappa shape index (κ2) is 5.98. The van der Waals surface area contributed by atoms with Crippen LogP contribution in [-0.4, -0.2) is 51.6 Å². The monoisotopic (exact) mass is 386 g/mol. The fraction of sp³-hybridized carbons (Fsp3) is 0.333. The van der Waals surface area contributed by atoms with Gasteiger partial charge in [-0.1, -0.05) is 6.07 Å². The summed E-state index contributed by atoms with van der Waals surface area (Å²) in [7, 11) is 0. The molecule has 2 fully saturated rings. The maximum atomic E-state index is 12.9. The Morgan fingerprint density at radius 2 is 1.86 bits per heavy atom. The molecular weight excluding hydrogens is 372 g/mol. The molecule has 3 aliphatic rings. The number of carbonyl (C=O) groups excluding carboxylic acids is 5. The number of aliphatic carboxylic acids is 1. The predicted molar refractivity (Wildman–Crippen MR) is 88.1 cm³/mol. The molecule has 10 nitrogen and oxygen atoms in total. The van der Waals surface area contributed by atoms with Gasteiger partial charge in [-0.15, -0.1) is 0 Å². The molecule has 0 aromatic heterocycles. The third kappa shape index (κ3) is 2.48. The first-order chi connectivity index (χ1) is 13.3. The van der Waals surface area contributed by atoms with Crippen molar-refractivity contribution in [3.63, 3.8) is 0 Å². The number of hydrogen-bond donors (Lipinski definition) is 2. The average molecular weight is 386 g/mol. The number of imide groups is 2. The summed E-state index contributed by atoms with van der Waals surface area (Å²) in [4.78, 5) is 73.3. The molecule has 1 saturated heterocycles. The SMILES string of the molecule is O=C1CCC(N2C(=O)c3cccc(OC(=O)C4(C(=O)O)CC4)c3C2=O)C(=O)N1. The number of nitrogens with one attached hydrogen (secondary N) is 1. The largest absolute Gasteiger partial charge is 0.480 e. The van der Waals surface area contributed by atoms with E-state index >= 15 is 0 Å². The van der Waals surface area contributed by atoms with Crippen LogP contribution in [0, 0.1) is 5.41 Å². The number of esters is 1. The molecular formula is C18H14N2O8. The van der Waals surface area contributed by atoms with Crippen LogP contribution in [0.5, 0.6) is 5.75 Å². The highest BCUT2D eigenvalue weighted by Gasteiger charge is 2.59. The molecule has 4 amide bonds. The van der Waals surface area contributed by atoms with E-state index in [-0.39, 0.29) is 42.6 Å². The maximum absolute atomic E-state index is 12.9. The zero-order chi connectivity index (χ0) is 20.2. The van der Waals surface area contributed by atoms with Crippen LogP contribution >= 0.6 is 0 Å². The Morgan fingerprint density at radius 3 is 2.46 bits per heavy atom. The van der Waals surface area contributed by atoms with Gasteiger partial charge in [0.25, 0.3) is 11.8 Å². The molecule has 2 N–H and O–H groups in total. The van der Waals surface area contributed by atoms with E-state index in [9.17, 15) is 33.9 Å². The lowest BCUT2D eigenvalue weighted by molar-refractivity contribution is -0.155. The summed E-state index contributed by atoms with van der Waals surface area (Å²) < 4.78 is 5.17. The number of rotatable bonds is 4. The van der Waals surface area contributed by atoms with Crippen LogP contribution < -0.4 is 10.1 Å². The van der Waals surface area contributed by atoms with Crippen LogP contribution in [0.1, 0.15) is 46.4 Å². The lowest BCUT2D eigenvalue weighted by atomic mass is 10.0. The minimum Gasteiger partial charge on any atom is -0.480 e. The first kappa shape index (κ1) is 17.8. The summed E-state index contributed by atoms with van der Waals surface area (Å²) in [5, 5.41) is 11.3. The maximum Gasteiger partial charge on any atom is 0.328 e. The lowest BCUT2D eigenvalue weighted by Gasteiger charge is -2.27. The molecule has 1 unspecified atom stereocenters. The number of nitrogens with zero attached hydrogens (tertiary/aromatic N) is 1. The van der Waals surface area contributed by atoms with Crippen LogP contribution in [0.4, 0.5) is 0 Å². The third-order valence-electron chi connectivity index (χ3n) is 5.18. The molecule has 2 aliphatic heterocycles. The number of carbonyl (C=O) groups is 6. The predicted octanol–water partition coefficient (Wildman–Crippen LogP) is -0.142. The molecule has 0 radical (unpaired) electrons. The third-order valence-corrected chi connectivity index (χ3v) is 5.18. The van der Waals surface area contributed by atoms with E-state index in [1.807, 2.05) is 0 Å². The lowest BCUT2D eigenvalue weighted by Crippen LogP contribution is -2.54. The van der Waals surface area contributed by atoms with Crippen molar-refractivity contribution in [2.45, 2.75) is 31.7 Å². The number of fused-ring (bicyclic) bond motifs is 1. The van der Waals surface area contributed by atoms with Gasteiger partial charge >= 0.3 is 11.9 Å². The van der Waals surface area contributed by atoms with Crippen molar-refractivity contribution in [3.8, 4) is 5.75 Å². The second-order valence-electron chi connectivity index (χ2n) is 6.90. The van der Waals surface area contributed by atoms with Gasteiger partial charge in [0.2, 0.25) is 11.8 Å². The van der Waals surface area contributed by atoms with Crippen molar-refractivity contribution in [1.29, 1.82) is 0 Å². The number of carboxylic acid groups (broad SMARTS) is 1. The summed E-state index contributed by atoms with van der Waals surface area (Å²) >= 11 is 0. The number of amides is 4. The zero-order valence-corrected chi connectivity index (χ0v) is 14.4. The highest BCUT2D eigenvalue weighted by atomic mass is 16.5. The Labute approximate surface area is 157 Å². The molecule has 4 rings (SSSR count). The molecule has 1 aromatic rings. The van der Waals surface area contributed by atoms with Crippen LogP contribution in [0.2, 0.25) is 0 Å². The fourth-order valence-electron chi connectivity index (χ4n) is 3.40. The van der Waals surface area contributed by atoms with Gasteiger partial charge in [0.15, 0.2) is 5.41 Å². The van der Waals surface area contributed by atoms with Gasteiger partial charge in [0.1, 0.15) is 11.8 Å². The minimum atomic E-state index is -1.63. The summed E-state index contributed by atoms with van der Waals surface area (Å²) in [5.74, 6) is -5.37. The zero-order valence-electron chi connectivity index (χ0n) is 14.4. The second-order valence-corrected chi connectivity index (χ2v) is 6.90. The van der Waals surface area contributed by atoms with Gasteiger partial charge < -0.3 is 9.84 Å². The van der Waals surface area contributed by atoms with Crippen LogP contribution in [0.15, 0.2) is 18.2 Å². The van der Waals surface area contributed by atoms with Gasteiger partial charge in [0, 0.05) is 6.42 Å². The Bertz CT molecular complexity index is 978. The molecule has 0 spiro atoms. The summed E-state index contributed by atoms with van der Waals surface area (Å²) in [6.07, 6.45) is 0.233. The Kier molecular flexibility index (Phi) is 3.81. The number of piperidine rings is 1. The summed E-state index contributed by atoms with van der Waals surface area (Å²) in [5.41, 5.74) is -1.88. The molecule has 0 bridgehead atoms. The van der Waals surface area contributed by atoms with E-state index in [1.165, 1.54) is 18.2 Å². The van der Waals surface area contributed by atoms with Crippen molar-refractivity contribution in [2.24, 2.45) is 5.41 Å². The molecule has 28 heavy (non-hydrogen) atoms. The molecule has 144 valence electrons. The number of ether oxygens (including phenoxy) is 1. The molecule has 2 heterocycles. The van der Waals surface area contributed by atoms with Gasteiger partial charge in [-0.05, 0) is 31.4 Å². The van der Waals surface area contributed by atoms with E-state index in [4.69, 9.17) is 4.74 Å². The molecule has 1 aromatic carbocycles. The summed E-state index contributed by atoms with van der Waals surface area (Å²) in [6.45, 7) is 0. The van der Waals surface area contributed by atoms with Crippen LogP contribution in [0.3, 0.4) is 0 Å². The topological polar surface area (TPSA) is 147 Å².